The van der Waals surface area contributed by atoms with E-state index in [4.69, 9.17) is 4.74 Å². The molecule has 0 spiro atoms. The number of amides is 1. The molecule has 1 aliphatic rings. The molecule has 1 atom stereocenters. The highest BCUT2D eigenvalue weighted by atomic mass is 32.2. The third-order valence-corrected chi connectivity index (χ3v) is 7.61. The minimum atomic E-state index is -3.56. The van der Waals surface area contributed by atoms with Gasteiger partial charge in [0.05, 0.1) is 11.5 Å². The van der Waals surface area contributed by atoms with Crippen molar-refractivity contribution in [1.29, 1.82) is 0 Å². The first kappa shape index (κ1) is 23.3. The molecule has 1 heterocycles. The number of rotatable bonds is 9. The first-order valence-corrected chi connectivity index (χ1v) is 12.4. The van der Waals surface area contributed by atoms with E-state index in [0.29, 0.717) is 38.3 Å². The standard InChI is InChI=1S/C24H32N2O4S/c1-3-30-22-11-13-23(14-12-22)31(28,29)26-17-15-21(16-18-26)24(27)25-19(2)9-10-20-7-5-4-6-8-20/h4-8,11-14,19,21H,3,9-10,15-18H2,1-2H3,(H,25,27). The lowest BCUT2D eigenvalue weighted by Gasteiger charge is -2.31. The van der Waals surface area contributed by atoms with Crippen molar-refractivity contribution >= 4 is 15.9 Å². The number of piperidine rings is 1. The van der Waals surface area contributed by atoms with Crippen LogP contribution >= 0.6 is 0 Å². The number of hydrogen-bond donors (Lipinski definition) is 1. The molecule has 3 rings (SSSR count). The van der Waals surface area contributed by atoms with E-state index in [9.17, 15) is 13.2 Å². The van der Waals surface area contributed by atoms with Gasteiger partial charge in [-0.25, -0.2) is 8.42 Å². The largest absolute Gasteiger partial charge is 0.494 e. The van der Waals surface area contributed by atoms with Gasteiger partial charge < -0.3 is 10.1 Å². The smallest absolute Gasteiger partial charge is 0.243 e. The van der Waals surface area contributed by atoms with E-state index in [-0.39, 0.29) is 22.8 Å². The van der Waals surface area contributed by atoms with Gasteiger partial charge in [0.2, 0.25) is 15.9 Å². The number of hydrogen-bond acceptors (Lipinski definition) is 4. The molecule has 2 aromatic carbocycles. The SMILES string of the molecule is CCOc1ccc(S(=O)(=O)N2CCC(C(=O)NC(C)CCc3ccccc3)CC2)cc1. The molecule has 0 bridgehead atoms. The van der Waals surface area contributed by atoms with Crippen LogP contribution in [-0.4, -0.2) is 44.4 Å². The fourth-order valence-corrected chi connectivity index (χ4v) is 5.31. The zero-order valence-electron chi connectivity index (χ0n) is 18.3. The second kappa shape index (κ2) is 10.8. The topological polar surface area (TPSA) is 75.7 Å². The monoisotopic (exact) mass is 444 g/mol. The Bertz CT molecular complexity index is 937. The van der Waals surface area contributed by atoms with Crippen LogP contribution in [0.25, 0.3) is 0 Å². The summed E-state index contributed by atoms with van der Waals surface area (Å²) in [5.74, 6) is 0.530. The molecular weight excluding hydrogens is 412 g/mol. The van der Waals surface area contributed by atoms with E-state index in [0.717, 1.165) is 12.8 Å². The van der Waals surface area contributed by atoms with Crippen LogP contribution in [0.1, 0.15) is 38.7 Å². The van der Waals surface area contributed by atoms with Gasteiger partial charge in [-0.15, -0.1) is 0 Å². The summed E-state index contributed by atoms with van der Waals surface area (Å²) in [6, 6.07) is 16.8. The van der Waals surface area contributed by atoms with Crippen molar-refractivity contribution in [3.63, 3.8) is 0 Å². The van der Waals surface area contributed by atoms with Crippen LogP contribution in [0.4, 0.5) is 0 Å². The predicted molar refractivity (Wildman–Crippen MR) is 121 cm³/mol. The van der Waals surface area contributed by atoms with Crippen molar-refractivity contribution < 1.29 is 17.9 Å². The molecule has 2 aromatic rings. The van der Waals surface area contributed by atoms with Gasteiger partial charge in [-0.1, -0.05) is 30.3 Å². The van der Waals surface area contributed by atoms with Crippen LogP contribution in [0.15, 0.2) is 59.5 Å². The van der Waals surface area contributed by atoms with Gasteiger partial charge in [0.15, 0.2) is 0 Å². The third kappa shape index (κ3) is 6.31. The van der Waals surface area contributed by atoms with Crippen LogP contribution in [0.5, 0.6) is 5.75 Å². The van der Waals surface area contributed by atoms with E-state index in [2.05, 4.69) is 17.4 Å². The molecule has 1 amide bonds. The van der Waals surface area contributed by atoms with Crippen molar-refractivity contribution in [2.45, 2.75) is 50.5 Å². The second-order valence-corrected chi connectivity index (χ2v) is 9.95. The molecule has 1 N–H and O–H groups in total. The highest BCUT2D eigenvalue weighted by molar-refractivity contribution is 7.89. The van der Waals surface area contributed by atoms with Gasteiger partial charge in [-0.2, -0.15) is 4.31 Å². The minimum Gasteiger partial charge on any atom is -0.494 e. The van der Waals surface area contributed by atoms with Crippen LogP contribution in [-0.2, 0) is 21.2 Å². The molecule has 1 saturated heterocycles. The molecule has 6 nitrogen and oxygen atoms in total. The van der Waals surface area contributed by atoms with Gasteiger partial charge in [0, 0.05) is 25.0 Å². The van der Waals surface area contributed by atoms with Gasteiger partial charge in [0.1, 0.15) is 5.75 Å². The van der Waals surface area contributed by atoms with Crippen LogP contribution < -0.4 is 10.1 Å². The Labute approximate surface area is 185 Å². The summed E-state index contributed by atoms with van der Waals surface area (Å²) < 4.78 is 32.7. The highest BCUT2D eigenvalue weighted by Gasteiger charge is 2.32. The molecular formula is C24H32N2O4S. The predicted octanol–water partition coefficient (Wildman–Crippen LogP) is 3.62. The number of sulfonamides is 1. The maximum Gasteiger partial charge on any atom is 0.243 e. The summed E-state index contributed by atoms with van der Waals surface area (Å²) in [5.41, 5.74) is 1.26. The van der Waals surface area contributed by atoms with Crippen molar-refractivity contribution in [2.75, 3.05) is 19.7 Å². The zero-order chi connectivity index (χ0) is 22.3. The maximum absolute atomic E-state index is 12.9. The van der Waals surface area contributed by atoms with Crippen LogP contribution in [0, 0.1) is 5.92 Å². The lowest BCUT2D eigenvalue weighted by atomic mass is 9.96. The molecule has 1 unspecified atom stereocenters. The summed E-state index contributed by atoms with van der Waals surface area (Å²) in [6.07, 6.45) is 2.86. The van der Waals surface area contributed by atoms with Gasteiger partial charge in [-0.05, 0) is 69.4 Å². The Morgan fingerprint density at radius 1 is 1.10 bits per heavy atom. The number of nitrogens with zero attached hydrogens (tertiary/aromatic N) is 1. The van der Waals surface area contributed by atoms with Gasteiger partial charge in [-0.3, -0.25) is 4.79 Å². The van der Waals surface area contributed by atoms with E-state index >= 15 is 0 Å². The maximum atomic E-state index is 12.9. The first-order valence-electron chi connectivity index (χ1n) is 11.0. The molecule has 1 fully saturated rings. The summed E-state index contributed by atoms with van der Waals surface area (Å²) in [4.78, 5) is 12.9. The Balaban J connectivity index is 1.48. The molecule has 0 aromatic heterocycles. The lowest BCUT2D eigenvalue weighted by Crippen LogP contribution is -2.44. The number of benzene rings is 2. The highest BCUT2D eigenvalue weighted by Crippen LogP contribution is 2.25. The van der Waals surface area contributed by atoms with E-state index in [1.807, 2.05) is 32.0 Å². The number of aryl methyl sites for hydroxylation is 1. The van der Waals surface area contributed by atoms with Crippen LogP contribution in [0.2, 0.25) is 0 Å². The number of ether oxygens (including phenoxy) is 1. The lowest BCUT2D eigenvalue weighted by molar-refractivity contribution is -0.126. The molecule has 1 aliphatic heterocycles. The van der Waals surface area contributed by atoms with Gasteiger partial charge >= 0.3 is 0 Å². The summed E-state index contributed by atoms with van der Waals surface area (Å²) in [5, 5.41) is 3.10. The quantitative estimate of drug-likeness (QED) is 0.641. The van der Waals surface area contributed by atoms with Crippen molar-refractivity contribution in [3.8, 4) is 5.75 Å². The Kier molecular flexibility index (Phi) is 8.09. The third-order valence-electron chi connectivity index (χ3n) is 5.69. The Morgan fingerprint density at radius 3 is 2.35 bits per heavy atom. The van der Waals surface area contributed by atoms with Gasteiger partial charge in [0.25, 0.3) is 0 Å². The molecule has 0 aliphatic carbocycles. The average Bonchev–Trinajstić information content (AvgIpc) is 2.79. The molecule has 7 heteroatoms. The fraction of sp³-hybridized carbons (Fsp3) is 0.458. The fourth-order valence-electron chi connectivity index (χ4n) is 3.84. The normalized spacial score (nSPS) is 16.6. The first-order chi connectivity index (χ1) is 14.9. The summed E-state index contributed by atoms with van der Waals surface area (Å²) >= 11 is 0. The van der Waals surface area contributed by atoms with E-state index < -0.39 is 10.0 Å². The van der Waals surface area contributed by atoms with Crippen molar-refractivity contribution in [3.05, 3.63) is 60.2 Å². The molecule has 168 valence electrons. The van der Waals surface area contributed by atoms with Crippen molar-refractivity contribution in [2.24, 2.45) is 5.92 Å². The minimum absolute atomic E-state index is 0.0266. The average molecular weight is 445 g/mol. The molecule has 0 saturated carbocycles. The number of nitrogens with one attached hydrogen (secondary N) is 1. The van der Waals surface area contributed by atoms with Crippen LogP contribution in [0.3, 0.4) is 0 Å². The van der Waals surface area contributed by atoms with Crippen molar-refractivity contribution in [1.82, 2.24) is 9.62 Å². The number of carbonyl (C=O) groups is 1. The number of carbonyl (C=O) groups excluding carboxylic acids is 1. The van der Waals surface area contributed by atoms with E-state index in [1.54, 1.807) is 24.3 Å². The molecule has 31 heavy (non-hydrogen) atoms. The Morgan fingerprint density at radius 2 is 1.74 bits per heavy atom. The van der Waals surface area contributed by atoms with E-state index in [1.165, 1.54) is 9.87 Å². The summed E-state index contributed by atoms with van der Waals surface area (Å²) in [6.45, 7) is 5.14. The molecule has 0 radical (unpaired) electrons. The zero-order valence-corrected chi connectivity index (χ0v) is 19.1. The summed E-state index contributed by atoms with van der Waals surface area (Å²) in [7, 11) is -3.56. The Hall–Kier alpha value is -2.38. The second-order valence-electron chi connectivity index (χ2n) is 8.02.